The van der Waals surface area contributed by atoms with Gasteiger partial charge in [0.05, 0.1) is 34.0 Å². The number of Topliss-reactive ketones (excluding diaryl/α,β-unsaturated/α-hetero) is 1. The van der Waals surface area contributed by atoms with E-state index in [4.69, 9.17) is 24.7 Å². The first-order valence-electron chi connectivity index (χ1n) is 8.86. The summed E-state index contributed by atoms with van der Waals surface area (Å²) in [4.78, 5) is 13.0. The second kappa shape index (κ2) is 10.8. The van der Waals surface area contributed by atoms with Gasteiger partial charge >= 0.3 is 0 Å². The highest BCUT2D eigenvalue weighted by molar-refractivity contribution is 7.99. The van der Waals surface area contributed by atoms with Crippen molar-refractivity contribution in [3.8, 4) is 23.0 Å². The van der Waals surface area contributed by atoms with Gasteiger partial charge in [-0.2, -0.15) is 11.8 Å². The van der Waals surface area contributed by atoms with Gasteiger partial charge in [0.2, 0.25) is 0 Å². The van der Waals surface area contributed by atoms with Crippen molar-refractivity contribution in [1.82, 2.24) is 0 Å². The molecule has 0 bridgehead atoms. The van der Waals surface area contributed by atoms with E-state index < -0.39 is 0 Å². The fourth-order valence-corrected chi connectivity index (χ4v) is 3.87. The molecule has 0 amide bonds. The van der Waals surface area contributed by atoms with Crippen molar-refractivity contribution in [2.24, 2.45) is 5.73 Å². The Morgan fingerprint density at radius 3 is 2.25 bits per heavy atom. The van der Waals surface area contributed by atoms with Crippen LogP contribution < -0.4 is 24.7 Å². The number of nitrogens with two attached hydrogens (primary N) is 1. The number of ether oxygens (including phenoxy) is 4. The molecule has 0 aromatic heterocycles. The Morgan fingerprint density at radius 1 is 0.929 bits per heavy atom. The third-order valence-electron chi connectivity index (χ3n) is 4.30. The van der Waals surface area contributed by atoms with Crippen molar-refractivity contribution in [2.45, 2.75) is 11.7 Å². The summed E-state index contributed by atoms with van der Waals surface area (Å²) in [6, 6.07) is 10.9. The summed E-state index contributed by atoms with van der Waals surface area (Å²) in [5.74, 6) is 3.15. The van der Waals surface area contributed by atoms with Crippen LogP contribution in [0.15, 0.2) is 36.4 Å². The van der Waals surface area contributed by atoms with E-state index >= 15 is 0 Å². The van der Waals surface area contributed by atoms with Crippen LogP contribution in [0.5, 0.6) is 23.0 Å². The Hall–Kier alpha value is -2.38. The molecule has 0 aliphatic heterocycles. The lowest BCUT2D eigenvalue weighted by Crippen LogP contribution is -2.10. The molecule has 2 aromatic carbocycles. The van der Waals surface area contributed by atoms with Crippen LogP contribution in [0.4, 0.5) is 0 Å². The van der Waals surface area contributed by atoms with Crippen molar-refractivity contribution in [2.75, 3.05) is 40.7 Å². The molecule has 1 unspecified atom stereocenters. The maximum Gasteiger partial charge on any atom is 0.168 e. The quantitative estimate of drug-likeness (QED) is 0.571. The van der Waals surface area contributed by atoms with Gasteiger partial charge in [-0.3, -0.25) is 4.79 Å². The molecular weight excluding hydrogens is 378 g/mol. The number of ketones is 1. The number of benzene rings is 2. The Balaban J connectivity index is 2.30. The third-order valence-corrected chi connectivity index (χ3v) is 5.61. The highest BCUT2D eigenvalue weighted by Gasteiger charge is 2.22. The van der Waals surface area contributed by atoms with Gasteiger partial charge in [-0.25, -0.2) is 0 Å². The van der Waals surface area contributed by atoms with Crippen LogP contribution in [0, 0.1) is 0 Å². The molecule has 7 heteroatoms. The molecule has 0 heterocycles. The number of hydrogen-bond acceptors (Lipinski definition) is 7. The molecule has 152 valence electrons. The number of thioether (sulfide) groups is 1. The van der Waals surface area contributed by atoms with Crippen LogP contribution in [0.3, 0.4) is 0 Å². The Kier molecular flexibility index (Phi) is 8.47. The first-order valence-corrected chi connectivity index (χ1v) is 9.91. The first kappa shape index (κ1) is 21.9. The molecule has 0 radical (unpaired) electrons. The standard InChI is InChI=1S/C21H27NO5S/c1-24-15-6-7-16(19(12-15)26-3)17(23)13-21(28-10-9-22)14-5-8-18(25-2)20(11-14)27-4/h5-8,11-12,21H,9-10,13,22H2,1-4H3. The fraction of sp³-hybridized carbons (Fsp3) is 0.381. The summed E-state index contributed by atoms with van der Waals surface area (Å²) in [6.45, 7) is 0.536. The fourth-order valence-electron chi connectivity index (χ4n) is 2.84. The Labute approximate surface area is 170 Å². The normalized spacial score (nSPS) is 11.6. The van der Waals surface area contributed by atoms with E-state index in [2.05, 4.69) is 0 Å². The summed E-state index contributed by atoms with van der Waals surface area (Å²) in [7, 11) is 6.31. The molecule has 6 nitrogen and oxygen atoms in total. The predicted octanol–water partition coefficient (Wildman–Crippen LogP) is 3.73. The van der Waals surface area contributed by atoms with Crippen molar-refractivity contribution in [1.29, 1.82) is 0 Å². The SMILES string of the molecule is COc1ccc(C(=O)CC(SCCN)c2ccc(OC)c(OC)c2)c(OC)c1. The lowest BCUT2D eigenvalue weighted by Gasteiger charge is -2.19. The van der Waals surface area contributed by atoms with Crippen molar-refractivity contribution in [3.63, 3.8) is 0 Å². The minimum atomic E-state index is -0.0670. The van der Waals surface area contributed by atoms with Crippen LogP contribution in [-0.4, -0.2) is 46.5 Å². The molecule has 2 aromatic rings. The van der Waals surface area contributed by atoms with E-state index in [9.17, 15) is 4.79 Å². The second-order valence-electron chi connectivity index (χ2n) is 5.96. The van der Waals surface area contributed by atoms with Gasteiger partial charge in [0, 0.05) is 30.0 Å². The maximum absolute atomic E-state index is 13.0. The molecule has 1 atom stereocenters. The van der Waals surface area contributed by atoms with E-state index in [0.717, 1.165) is 11.3 Å². The summed E-state index contributed by atoms with van der Waals surface area (Å²) >= 11 is 1.64. The topological polar surface area (TPSA) is 80.0 Å². The monoisotopic (exact) mass is 405 g/mol. The molecule has 0 aliphatic carbocycles. The molecule has 0 spiro atoms. The number of rotatable bonds is 11. The smallest absolute Gasteiger partial charge is 0.168 e. The molecule has 0 saturated heterocycles. The van der Waals surface area contributed by atoms with Crippen LogP contribution in [0.25, 0.3) is 0 Å². The lowest BCUT2D eigenvalue weighted by molar-refractivity contribution is 0.0979. The van der Waals surface area contributed by atoms with Crippen molar-refractivity contribution < 1.29 is 23.7 Å². The van der Waals surface area contributed by atoms with E-state index in [1.807, 2.05) is 18.2 Å². The minimum Gasteiger partial charge on any atom is -0.497 e. The van der Waals surface area contributed by atoms with Gasteiger partial charge in [-0.1, -0.05) is 6.07 Å². The zero-order valence-corrected chi connectivity index (χ0v) is 17.5. The van der Waals surface area contributed by atoms with Crippen molar-refractivity contribution in [3.05, 3.63) is 47.5 Å². The summed E-state index contributed by atoms with van der Waals surface area (Å²) in [5.41, 5.74) is 7.20. The zero-order chi connectivity index (χ0) is 20.5. The Morgan fingerprint density at radius 2 is 1.64 bits per heavy atom. The number of carbonyl (C=O) groups is 1. The first-order chi connectivity index (χ1) is 13.6. The average molecular weight is 406 g/mol. The predicted molar refractivity (Wildman–Crippen MR) is 112 cm³/mol. The molecule has 2 rings (SSSR count). The largest absolute Gasteiger partial charge is 0.497 e. The highest BCUT2D eigenvalue weighted by atomic mass is 32.2. The third kappa shape index (κ3) is 5.33. The van der Waals surface area contributed by atoms with Crippen LogP contribution >= 0.6 is 11.8 Å². The van der Waals surface area contributed by atoms with Gasteiger partial charge in [0.1, 0.15) is 11.5 Å². The van der Waals surface area contributed by atoms with Crippen molar-refractivity contribution >= 4 is 17.5 Å². The summed E-state index contributed by atoms with van der Waals surface area (Å²) < 4.78 is 21.3. The number of carbonyl (C=O) groups excluding carboxylic acids is 1. The Bertz CT molecular complexity index is 796. The summed E-state index contributed by atoms with van der Waals surface area (Å²) in [5, 5.41) is -0.0670. The van der Waals surface area contributed by atoms with Gasteiger partial charge in [-0.15, -0.1) is 0 Å². The molecular formula is C21H27NO5S. The van der Waals surface area contributed by atoms with Gasteiger partial charge in [-0.05, 0) is 29.8 Å². The van der Waals surface area contributed by atoms with E-state index in [0.29, 0.717) is 41.5 Å². The van der Waals surface area contributed by atoms with E-state index in [1.165, 1.54) is 0 Å². The number of methoxy groups -OCH3 is 4. The maximum atomic E-state index is 13.0. The van der Waals surface area contributed by atoms with E-state index in [-0.39, 0.29) is 11.0 Å². The minimum absolute atomic E-state index is 0.0104. The molecule has 0 fully saturated rings. The average Bonchev–Trinajstić information content (AvgIpc) is 2.75. The second-order valence-corrected chi connectivity index (χ2v) is 7.27. The van der Waals surface area contributed by atoms with Crippen LogP contribution in [-0.2, 0) is 0 Å². The van der Waals surface area contributed by atoms with E-state index in [1.54, 1.807) is 58.4 Å². The van der Waals surface area contributed by atoms with Gasteiger partial charge in [0.15, 0.2) is 17.3 Å². The molecule has 0 aliphatic rings. The van der Waals surface area contributed by atoms with Crippen LogP contribution in [0.2, 0.25) is 0 Å². The van der Waals surface area contributed by atoms with Gasteiger partial charge in [0.25, 0.3) is 0 Å². The zero-order valence-electron chi connectivity index (χ0n) is 16.7. The molecule has 0 saturated carbocycles. The van der Waals surface area contributed by atoms with Crippen LogP contribution in [0.1, 0.15) is 27.6 Å². The summed E-state index contributed by atoms with van der Waals surface area (Å²) in [6.07, 6.45) is 0.308. The molecule has 28 heavy (non-hydrogen) atoms. The van der Waals surface area contributed by atoms with Gasteiger partial charge < -0.3 is 24.7 Å². The number of hydrogen-bond donors (Lipinski definition) is 1. The highest BCUT2D eigenvalue weighted by Crippen LogP contribution is 2.38. The molecule has 2 N–H and O–H groups in total. The lowest BCUT2D eigenvalue weighted by atomic mass is 10.0.